The molecule has 0 amide bonds. The van der Waals surface area contributed by atoms with Gasteiger partial charge in [0.15, 0.2) is 0 Å². The van der Waals surface area contributed by atoms with Crippen molar-refractivity contribution in [2.75, 3.05) is 13.6 Å². The number of nitrogens with two attached hydrogens (primary N) is 4. The molecule has 1 aromatic heterocycles. The quantitative estimate of drug-likeness (QED) is 0.207. The average Bonchev–Trinajstić information content (AvgIpc) is 3.30. The molecule has 0 aromatic carbocycles. The van der Waals surface area contributed by atoms with Crippen LogP contribution in [-0.4, -0.2) is 40.5 Å². The van der Waals surface area contributed by atoms with Gasteiger partial charge in [-0.15, -0.1) is 0 Å². The van der Waals surface area contributed by atoms with E-state index < -0.39 is 0 Å². The van der Waals surface area contributed by atoms with Crippen molar-refractivity contribution in [3.8, 4) is 5.75 Å². The fourth-order valence-electron chi connectivity index (χ4n) is 4.69. The Hall–Kier alpha value is -2.52. The highest BCUT2D eigenvalue weighted by molar-refractivity contribution is 5.82. The van der Waals surface area contributed by atoms with Gasteiger partial charge in [-0.3, -0.25) is 5.01 Å². The van der Waals surface area contributed by atoms with Gasteiger partial charge in [-0.25, -0.2) is 16.7 Å². The van der Waals surface area contributed by atoms with Crippen LogP contribution in [0, 0.1) is 12.8 Å². The van der Waals surface area contributed by atoms with E-state index >= 15 is 0 Å². The molecule has 0 bridgehead atoms. The summed E-state index contributed by atoms with van der Waals surface area (Å²) in [6, 6.07) is 3.82. The monoisotopic (exact) mass is 444 g/mol. The molecule has 2 aliphatic rings. The fraction of sp³-hybridized carbons (Fsp3) is 0.652. The predicted octanol–water partition coefficient (Wildman–Crippen LogP) is 2.56. The smallest absolute Gasteiger partial charge is 0.140 e. The molecule has 3 rings (SSSR count). The van der Waals surface area contributed by atoms with E-state index in [-0.39, 0.29) is 12.6 Å². The lowest BCUT2D eigenvalue weighted by Crippen LogP contribution is -2.44. The zero-order chi connectivity index (χ0) is 23.1. The lowest BCUT2D eigenvalue weighted by Gasteiger charge is -2.27. The Balaban J connectivity index is 1.73. The second kappa shape index (κ2) is 11.4. The number of aryl methyl sites for hydroxylation is 1. The van der Waals surface area contributed by atoms with Crippen LogP contribution in [0.15, 0.2) is 22.9 Å². The molecule has 9 heteroatoms. The maximum Gasteiger partial charge on any atom is 0.140 e. The SMILES string of the molecule is Cc1nc(/C(N)=C(\CN(N)/C(CC2CCCC2)=N\N)N(C)N)ccc1OC1CCCCC1. The number of rotatable bonds is 8. The summed E-state index contributed by atoms with van der Waals surface area (Å²) < 4.78 is 6.19. The van der Waals surface area contributed by atoms with E-state index in [0.29, 0.717) is 28.8 Å². The summed E-state index contributed by atoms with van der Waals surface area (Å²) in [6.07, 6.45) is 11.9. The summed E-state index contributed by atoms with van der Waals surface area (Å²) in [5.74, 6) is 20.1. The molecule has 32 heavy (non-hydrogen) atoms. The Bertz CT molecular complexity index is 810. The van der Waals surface area contributed by atoms with Gasteiger partial charge in [0.25, 0.3) is 0 Å². The van der Waals surface area contributed by atoms with Gasteiger partial charge in [-0.05, 0) is 50.7 Å². The molecule has 0 unspecified atom stereocenters. The van der Waals surface area contributed by atoms with Gasteiger partial charge in [0.05, 0.1) is 35.4 Å². The third kappa shape index (κ3) is 6.26. The number of amidine groups is 1. The first-order chi connectivity index (χ1) is 15.4. The van der Waals surface area contributed by atoms with E-state index in [2.05, 4.69) is 5.10 Å². The van der Waals surface area contributed by atoms with Crippen molar-refractivity contribution in [1.82, 2.24) is 15.0 Å². The van der Waals surface area contributed by atoms with Crippen molar-refractivity contribution < 1.29 is 4.74 Å². The molecule has 1 aromatic rings. The van der Waals surface area contributed by atoms with Crippen molar-refractivity contribution in [2.24, 2.45) is 34.3 Å². The van der Waals surface area contributed by atoms with Crippen LogP contribution in [0.1, 0.15) is 75.6 Å². The average molecular weight is 445 g/mol. The fourth-order valence-corrected chi connectivity index (χ4v) is 4.69. The molecule has 1 heterocycles. The number of likely N-dealkylation sites (N-methyl/N-ethyl adjacent to an activating group) is 1. The highest BCUT2D eigenvalue weighted by Gasteiger charge is 2.22. The highest BCUT2D eigenvalue weighted by Crippen LogP contribution is 2.29. The van der Waals surface area contributed by atoms with Gasteiger partial charge in [0, 0.05) is 13.5 Å². The van der Waals surface area contributed by atoms with Gasteiger partial charge in [-0.2, -0.15) is 5.10 Å². The lowest BCUT2D eigenvalue weighted by molar-refractivity contribution is 0.153. The molecule has 9 nitrogen and oxygen atoms in total. The van der Waals surface area contributed by atoms with E-state index in [4.69, 9.17) is 33.0 Å². The maximum absolute atomic E-state index is 6.50. The standard InChI is InChI=1S/C23H40N8O/c1-16-21(32-18-10-4-3-5-11-18)13-12-19(28-16)23(24)20(30(2)26)15-31(27)22(29-25)14-17-8-6-7-9-17/h12-13,17-18H,3-11,14-15,24-27H2,1-2H3/b23-20-,29-22-. The Morgan fingerprint density at radius 3 is 2.34 bits per heavy atom. The zero-order valence-electron chi connectivity index (χ0n) is 19.6. The molecule has 2 aliphatic carbocycles. The molecule has 0 aliphatic heterocycles. The number of hydrazine groups is 2. The van der Waals surface area contributed by atoms with Crippen molar-refractivity contribution >= 4 is 11.5 Å². The second-order valence-electron chi connectivity index (χ2n) is 9.16. The third-order valence-electron chi connectivity index (χ3n) is 6.64. The Labute approximate surface area is 191 Å². The summed E-state index contributed by atoms with van der Waals surface area (Å²) in [6.45, 7) is 2.22. The third-order valence-corrected chi connectivity index (χ3v) is 6.64. The Morgan fingerprint density at radius 1 is 1.09 bits per heavy atom. The number of aromatic nitrogens is 1. The van der Waals surface area contributed by atoms with E-state index in [1.165, 1.54) is 55.0 Å². The van der Waals surface area contributed by atoms with Crippen molar-refractivity contribution in [1.29, 1.82) is 0 Å². The van der Waals surface area contributed by atoms with Crippen LogP contribution in [0.3, 0.4) is 0 Å². The predicted molar refractivity (Wildman–Crippen MR) is 129 cm³/mol. The summed E-state index contributed by atoms with van der Waals surface area (Å²) in [5, 5.41) is 6.95. The molecule has 178 valence electrons. The molecule has 8 N–H and O–H groups in total. The number of nitrogens with zero attached hydrogens (tertiary/aromatic N) is 4. The molecular formula is C23H40N8O. The van der Waals surface area contributed by atoms with Gasteiger partial charge >= 0.3 is 0 Å². The van der Waals surface area contributed by atoms with Gasteiger partial charge < -0.3 is 21.3 Å². The van der Waals surface area contributed by atoms with Gasteiger partial charge in [0.2, 0.25) is 0 Å². The Morgan fingerprint density at radius 2 is 1.75 bits per heavy atom. The first-order valence-corrected chi connectivity index (χ1v) is 11.8. The van der Waals surface area contributed by atoms with E-state index in [1.807, 2.05) is 19.1 Å². The number of hydrogen-bond donors (Lipinski definition) is 4. The minimum absolute atomic E-state index is 0.272. The molecule has 0 spiro atoms. The molecule has 2 saturated carbocycles. The van der Waals surface area contributed by atoms with Gasteiger partial charge in [0.1, 0.15) is 11.6 Å². The van der Waals surface area contributed by atoms with Crippen molar-refractivity contribution in [2.45, 2.75) is 77.2 Å². The van der Waals surface area contributed by atoms with Crippen LogP contribution in [0.5, 0.6) is 5.75 Å². The summed E-state index contributed by atoms with van der Waals surface area (Å²) >= 11 is 0. The number of pyridine rings is 1. The Kier molecular flexibility index (Phi) is 8.58. The largest absolute Gasteiger partial charge is 0.489 e. The molecular weight excluding hydrogens is 404 g/mol. The molecule has 0 atom stereocenters. The summed E-state index contributed by atoms with van der Waals surface area (Å²) in [7, 11) is 1.74. The number of hydrazone groups is 1. The maximum atomic E-state index is 6.50. The van der Waals surface area contributed by atoms with Crippen molar-refractivity contribution in [3.05, 3.63) is 29.2 Å². The summed E-state index contributed by atoms with van der Waals surface area (Å²) in [5.41, 5.74) is 9.06. The lowest BCUT2D eigenvalue weighted by atomic mass is 9.98. The van der Waals surface area contributed by atoms with Crippen molar-refractivity contribution in [3.63, 3.8) is 0 Å². The van der Waals surface area contributed by atoms with E-state index in [0.717, 1.165) is 30.7 Å². The first-order valence-electron chi connectivity index (χ1n) is 11.8. The minimum atomic E-state index is 0.272. The molecule has 2 fully saturated rings. The molecule has 0 radical (unpaired) electrons. The highest BCUT2D eigenvalue weighted by atomic mass is 16.5. The van der Waals surface area contributed by atoms with Crippen LogP contribution < -0.4 is 28.0 Å². The zero-order valence-corrected chi connectivity index (χ0v) is 19.6. The summed E-state index contributed by atoms with van der Waals surface area (Å²) in [4.78, 5) is 4.69. The first kappa shape index (κ1) is 24.1. The topological polar surface area (TPSA) is 145 Å². The van der Waals surface area contributed by atoms with Crippen LogP contribution in [0.4, 0.5) is 0 Å². The molecule has 0 saturated heterocycles. The van der Waals surface area contributed by atoms with E-state index in [1.54, 1.807) is 7.05 Å². The second-order valence-corrected chi connectivity index (χ2v) is 9.16. The van der Waals surface area contributed by atoms with Crippen LogP contribution >= 0.6 is 0 Å². The normalized spacial score (nSPS) is 19.1. The van der Waals surface area contributed by atoms with Crippen LogP contribution in [0.2, 0.25) is 0 Å². The number of hydrogen-bond acceptors (Lipinski definition) is 8. The number of ether oxygens (including phenoxy) is 1. The van der Waals surface area contributed by atoms with Crippen LogP contribution in [-0.2, 0) is 0 Å². The van der Waals surface area contributed by atoms with Crippen LogP contribution in [0.25, 0.3) is 5.70 Å². The van der Waals surface area contributed by atoms with E-state index in [9.17, 15) is 0 Å². The minimum Gasteiger partial charge on any atom is -0.489 e. The van der Waals surface area contributed by atoms with Gasteiger partial charge in [-0.1, -0.05) is 32.1 Å².